The molecule has 0 saturated carbocycles. The second kappa shape index (κ2) is 6.01. The maximum absolute atomic E-state index is 12.3. The number of aromatic amines is 1. The fourth-order valence-electron chi connectivity index (χ4n) is 4.32. The third kappa shape index (κ3) is 2.58. The Labute approximate surface area is 146 Å². The van der Waals surface area contributed by atoms with Crippen LogP contribution in [0.3, 0.4) is 0 Å². The number of carbonyl (C=O) groups is 1. The number of aromatic nitrogens is 2. The molecule has 0 radical (unpaired) electrons. The molecule has 0 atom stereocenters. The minimum Gasteiger partial charge on any atom is -0.348 e. The van der Waals surface area contributed by atoms with Crippen LogP contribution in [-0.4, -0.2) is 45.3 Å². The van der Waals surface area contributed by atoms with Crippen molar-refractivity contribution in [3.05, 3.63) is 39.6 Å². The van der Waals surface area contributed by atoms with Gasteiger partial charge in [0.2, 0.25) is 5.91 Å². The van der Waals surface area contributed by atoms with Crippen molar-refractivity contribution >= 4 is 17.2 Å². The Balaban J connectivity index is 1.54. The number of rotatable bonds is 2. The highest BCUT2D eigenvalue weighted by atomic mass is 32.1. The molecule has 4 rings (SSSR count). The van der Waals surface area contributed by atoms with Gasteiger partial charge in [-0.2, -0.15) is 0 Å². The number of piperidine rings is 1. The summed E-state index contributed by atoms with van der Waals surface area (Å²) in [6, 6.07) is 4.43. The monoisotopic (exact) mass is 344 g/mol. The number of aryl methyl sites for hydroxylation is 1. The van der Waals surface area contributed by atoms with E-state index in [4.69, 9.17) is 0 Å². The smallest absolute Gasteiger partial charge is 0.220 e. The number of likely N-dealkylation sites (tertiary alicyclic amines) is 1. The first-order valence-electron chi connectivity index (χ1n) is 8.67. The third-order valence-electron chi connectivity index (χ3n) is 5.50. The average Bonchev–Trinajstić information content (AvgIpc) is 3.19. The van der Waals surface area contributed by atoms with Crippen LogP contribution in [-0.2, 0) is 23.3 Å². The Morgan fingerprint density at radius 1 is 1.33 bits per heavy atom. The Morgan fingerprint density at radius 2 is 2.12 bits per heavy atom. The molecule has 128 valence electrons. The number of fused-ring (bicyclic) bond motifs is 2. The maximum Gasteiger partial charge on any atom is 0.220 e. The summed E-state index contributed by atoms with van der Waals surface area (Å²) in [4.78, 5) is 27.5. The number of imidazole rings is 1. The van der Waals surface area contributed by atoms with Gasteiger partial charge < -0.3 is 9.88 Å². The predicted molar refractivity (Wildman–Crippen MR) is 94.9 cm³/mol. The number of carbonyl (C=O) groups excluding carboxylic acids is 1. The van der Waals surface area contributed by atoms with Gasteiger partial charge in [0.25, 0.3) is 0 Å². The molecule has 2 aliphatic heterocycles. The number of thiophene rings is 1. The molecule has 1 spiro atoms. The molecule has 0 unspecified atom stereocenters. The molecule has 2 aliphatic rings. The van der Waals surface area contributed by atoms with Gasteiger partial charge in [-0.15, -0.1) is 11.3 Å². The Bertz CT molecular complexity index is 742. The number of hydrogen-bond donors (Lipinski definition) is 1. The number of nitrogens with zero attached hydrogens (tertiary/aromatic N) is 3. The first kappa shape index (κ1) is 15.8. The Hall–Kier alpha value is -1.66. The molecule has 1 fully saturated rings. The lowest BCUT2D eigenvalue weighted by Gasteiger charge is -2.50. The van der Waals surface area contributed by atoms with E-state index in [1.807, 2.05) is 11.3 Å². The second-order valence-corrected chi connectivity index (χ2v) is 8.34. The molecule has 1 saturated heterocycles. The van der Waals surface area contributed by atoms with Gasteiger partial charge in [0.05, 0.1) is 17.6 Å². The van der Waals surface area contributed by atoms with Crippen molar-refractivity contribution in [1.82, 2.24) is 19.8 Å². The summed E-state index contributed by atoms with van der Waals surface area (Å²) >= 11 is 1.88. The van der Waals surface area contributed by atoms with Gasteiger partial charge in [0.15, 0.2) is 0 Å². The van der Waals surface area contributed by atoms with E-state index in [0.717, 1.165) is 51.1 Å². The molecule has 1 amide bonds. The summed E-state index contributed by atoms with van der Waals surface area (Å²) < 4.78 is 0. The van der Waals surface area contributed by atoms with Crippen molar-refractivity contribution in [2.45, 2.75) is 45.2 Å². The topological polar surface area (TPSA) is 52.2 Å². The number of H-pyrrole nitrogens is 1. The lowest BCUT2D eigenvalue weighted by Crippen LogP contribution is -2.57. The normalized spacial score (nSPS) is 20.3. The van der Waals surface area contributed by atoms with Gasteiger partial charge >= 0.3 is 0 Å². The Morgan fingerprint density at radius 3 is 2.79 bits per heavy atom. The molecule has 2 aromatic heterocycles. The summed E-state index contributed by atoms with van der Waals surface area (Å²) in [5, 5.41) is 0. The SMILES string of the molecule is CC(=O)N1CCc2[nH]cnc2C12CCN(Cc1ccc(C)s1)CC2. The van der Waals surface area contributed by atoms with Crippen molar-refractivity contribution < 1.29 is 4.79 Å². The minimum absolute atomic E-state index is 0.172. The number of hydrogen-bond acceptors (Lipinski definition) is 4. The Kier molecular flexibility index (Phi) is 3.96. The van der Waals surface area contributed by atoms with Gasteiger partial charge in [0, 0.05) is 55.0 Å². The predicted octanol–water partition coefficient (Wildman–Crippen LogP) is 2.68. The quantitative estimate of drug-likeness (QED) is 0.911. The minimum atomic E-state index is -0.207. The van der Waals surface area contributed by atoms with Crippen LogP contribution in [0.15, 0.2) is 18.5 Å². The van der Waals surface area contributed by atoms with Crippen molar-refractivity contribution in [2.24, 2.45) is 0 Å². The third-order valence-corrected chi connectivity index (χ3v) is 6.49. The zero-order valence-corrected chi connectivity index (χ0v) is 15.2. The van der Waals surface area contributed by atoms with Crippen LogP contribution in [0, 0.1) is 6.92 Å². The average molecular weight is 344 g/mol. The van der Waals surface area contributed by atoms with E-state index in [9.17, 15) is 4.79 Å². The molecular formula is C18H24N4OS. The van der Waals surface area contributed by atoms with Gasteiger partial charge in [-0.05, 0) is 31.9 Å². The second-order valence-electron chi connectivity index (χ2n) is 6.97. The van der Waals surface area contributed by atoms with Gasteiger partial charge in [0.1, 0.15) is 0 Å². The van der Waals surface area contributed by atoms with E-state index in [0.29, 0.717) is 0 Å². The summed E-state index contributed by atoms with van der Waals surface area (Å²) in [6.07, 6.45) is 4.61. The molecule has 1 N–H and O–H groups in total. The maximum atomic E-state index is 12.3. The van der Waals surface area contributed by atoms with Crippen molar-refractivity contribution in [2.75, 3.05) is 19.6 Å². The molecule has 24 heavy (non-hydrogen) atoms. The van der Waals surface area contributed by atoms with Gasteiger partial charge in [-0.25, -0.2) is 4.98 Å². The fourth-order valence-corrected chi connectivity index (χ4v) is 5.25. The van der Waals surface area contributed by atoms with Crippen molar-refractivity contribution in [3.8, 4) is 0 Å². The first-order valence-corrected chi connectivity index (χ1v) is 9.49. The molecule has 0 aromatic carbocycles. The lowest BCUT2D eigenvalue weighted by molar-refractivity contribution is -0.139. The van der Waals surface area contributed by atoms with Gasteiger partial charge in [-0.3, -0.25) is 9.69 Å². The van der Waals surface area contributed by atoms with Crippen LogP contribution >= 0.6 is 11.3 Å². The zero-order chi connectivity index (χ0) is 16.7. The number of nitrogens with one attached hydrogen (secondary N) is 1. The molecule has 4 heterocycles. The van der Waals surface area contributed by atoms with Crippen molar-refractivity contribution in [1.29, 1.82) is 0 Å². The van der Waals surface area contributed by atoms with Crippen LogP contribution in [0.4, 0.5) is 0 Å². The van der Waals surface area contributed by atoms with Crippen LogP contribution in [0.25, 0.3) is 0 Å². The van der Waals surface area contributed by atoms with Crippen LogP contribution in [0.1, 0.15) is 40.9 Å². The summed E-state index contributed by atoms with van der Waals surface area (Å²) in [5.41, 5.74) is 2.12. The first-order chi connectivity index (χ1) is 11.6. The highest BCUT2D eigenvalue weighted by molar-refractivity contribution is 7.11. The van der Waals surface area contributed by atoms with Crippen LogP contribution in [0.2, 0.25) is 0 Å². The number of amides is 1. The highest BCUT2D eigenvalue weighted by Gasteiger charge is 2.47. The van der Waals surface area contributed by atoms with Crippen LogP contribution < -0.4 is 0 Å². The molecule has 5 nitrogen and oxygen atoms in total. The van der Waals surface area contributed by atoms with E-state index in [1.54, 1.807) is 13.3 Å². The lowest BCUT2D eigenvalue weighted by atomic mass is 9.78. The standard InChI is InChI=1S/C18H24N4OS/c1-13-3-4-15(24-13)11-21-9-6-18(7-10-21)17-16(19-12-20-17)5-8-22(18)14(2)23/h3-4,12H,5-11H2,1-2H3,(H,19,20). The van der Waals surface area contributed by atoms with E-state index >= 15 is 0 Å². The van der Waals surface area contributed by atoms with E-state index < -0.39 is 0 Å². The molecule has 6 heteroatoms. The van der Waals surface area contributed by atoms with E-state index in [2.05, 4.69) is 38.8 Å². The molecule has 0 aliphatic carbocycles. The van der Waals surface area contributed by atoms with E-state index in [-0.39, 0.29) is 11.4 Å². The highest BCUT2D eigenvalue weighted by Crippen LogP contribution is 2.42. The molecule has 0 bridgehead atoms. The molecular weight excluding hydrogens is 320 g/mol. The summed E-state index contributed by atoms with van der Waals surface area (Å²) in [7, 11) is 0. The van der Waals surface area contributed by atoms with Gasteiger partial charge in [-0.1, -0.05) is 0 Å². The van der Waals surface area contributed by atoms with Crippen LogP contribution in [0.5, 0.6) is 0 Å². The van der Waals surface area contributed by atoms with Crippen molar-refractivity contribution in [3.63, 3.8) is 0 Å². The fraction of sp³-hybridized carbons (Fsp3) is 0.556. The summed E-state index contributed by atoms with van der Waals surface area (Å²) in [5.74, 6) is 0.172. The largest absolute Gasteiger partial charge is 0.348 e. The summed E-state index contributed by atoms with van der Waals surface area (Å²) in [6.45, 7) is 7.68. The molecule has 2 aromatic rings. The van der Waals surface area contributed by atoms with E-state index in [1.165, 1.54) is 15.4 Å². The zero-order valence-electron chi connectivity index (χ0n) is 14.3.